The summed E-state index contributed by atoms with van der Waals surface area (Å²) in [7, 11) is -3.44. The summed E-state index contributed by atoms with van der Waals surface area (Å²) in [4.78, 5) is 23.6. The molecule has 27 heavy (non-hydrogen) atoms. The topological polar surface area (TPSA) is 105 Å². The molecule has 3 rings (SSSR count). The zero-order chi connectivity index (χ0) is 19.6. The number of amides is 1. The van der Waals surface area contributed by atoms with Gasteiger partial charge in [-0.2, -0.15) is 0 Å². The Morgan fingerprint density at radius 1 is 0.963 bits per heavy atom. The minimum absolute atomic E-state index is 0.343. The molecule has 0 fully saturated rings. The van der Waals surface area contributed by atoms with Crippen LogP contribution in [0.5, 0.6) is 0 Å². The smallest absolute Gasteiger partial charge is 0.336 e. The van der Waals surface area contributed by atoms with Gasteiger partial charge in [-0.1, -0.05) is 0 Å². The van der Waals surface area contributed by atoms with Gasteiger partial charge in [0.1, 0.15) is 5.58 Å². The highest BCUT2D eigenvalue weighted by molar-refractivity contribution is 7.93. The minimum atomic E-state index is -3.44. The Labute approximate surface area is 156 Å². The largest absolute Gasteiger partial charge is 0.423 e. The summed E-state index contributed by atoms with van der Waals surface area (Å²) in [6.07, 6.45) is 0. The Balaban J connectivity index is 1.74. The second-order valence-electron chi connectivity index (χ2n) is 6.23. The van der Waals surface area contributed by atoms with Gasteiger partial charge in [-0.25, -0.2) is 13.2 Å². The standard InChI is InChI=1S/C19H18N2O5S/c1-12(2)27(24,25)21-15-6-3-13(4-7-15)19(23)20-16-8-9-17-14(11-16)5-10-18(22)26-17/h3-12,21H,1-2H3,(H,20,23). The molecule has 0 spiro atoms. The molecule has 3 aromatic rings. The Hall–Kier alpha value is -3.13. The van der Waals surface area contributed by atoms with Gasteiger partial charge in [-0.3, -0.25) is 9.52 Å². The van der Waals surface area contributed by atoms with Crippen molar-refractivity contribution in [3.63, 3.8) is 0 Å². The Morgan fingerprint density at radius 3 is 2.30 bits per heavy atom. The van der Waals surface area contributed by atoms with Gasteiger partial charge in [0, 0.05) is 28.4 Å². The maximum Gasteiger partial charge on any atom is 0.336 e. The molecule has 0 saturated heterocycles. The molecule has 0 unspecified atom stereocenters. The van der Waals surface area contributed by atoms with Crippen LogP contribution < -0.4 is 15.7 Å². The van der Waals surface area contributed by atoms with Gasteiger partial charge in [-0.15, -0.1) is 0 Å². The van der Waals surface area contributed by atoms with Crippen molar-refractivity contribution in [2.45, 2.75) is 19.1 Å². The van der Waals surface area contributed by atoms with E-state index in [4.69, 9.17) is 4.42 Å². The van der Waals surface area contributed by atoms with Gasteiger partial charge in [0.2, 0.25) is 10.0 Å². The first-order chi connectivity index (χ1) is 12.7. The molecular weight excluding hydrogens is 368 g/mol. The van der Waals surface area contributed by atoms with E-state index in [0.717, 1.165) is 0 Å². The molecule has 1 heterocycles. The molecule has 0 atom stereocenters. The zero-order valence-corrected chi connectivity index (χ0v) is 15.5. The van der Waals surface area contributed by atoms with Gasteiger partial charge in [0.15, 0.2) is 0 Å². The van der Waals surface area contributed by atoms with E-state index in [1.54, 1.807) is 38.1 Å². The molecule has 0 aliphatic rings. The normalized spacial score (nSPS) is 11.5. The number of sulfonamides is 1. The van der Waals surface area contributed by atoms with Crippen LogP contribution in [-0.2, 0) is 10.0 Å². The van der Waals surface area contributed by atoms with Crippen molar-refractivity contribution >= 4 is 38.3 Å². The van der Waals surface area contributed by atoms with Crippen LogP contribution in [0.3, 0.4) is 0 Å². The highest BCUT2D eigenvalue weighted by atomic mass is 32.2. The average molecular weight is 386 g/mol. The molecule has 1 amide bonds. The van der Waals surface area contributed by atoms with E-state index in [9.17, 15) is 18.0 Å². The van der Waals surface area contributed by atoms with E-state index < -0.39 is 20.9 Å². The highest BCUT2D eigenvalue weighted by Crippen LogP contribution is 2.19. The number of carbonyl (C=O) groups excluding carboxylic acids is 1. The fourth-order valence-corrected chi connectivity index (χ4v) is 3.02. The number of nitrogens with one attached hydrogen (secondary N) is 2. The van der Waals surface area contributed by atoms with E-state index in [1.165, 1.54) is 30.3 Å². The fourth-order valence-electron chi connectivity index (χ4n) is 2.32. The molecular formula is C19H18N2O5S. The van der Waals surface area contributed by atoms with Crippen LogP contribution >= 0.6 is 0 Å². The number of carbonyl (C=O) groups is 1. The van der Waals surface area contributed by atoms with Crippen LogP contribution in [0.25, 0.3) is 11.0 Å². The second kappa shape index (κ2) is 7.24. The number of fused-ring (bicyclic) bond motifs is 1. The molecule has 0 aliphatic carbocycles. The fraction of sp³-hybridized carbons (Fsp3) is 0.158. The first kappa shape index (κ1) is 18.7. The lowest BCUT2D eigenvalue weighted by molar-refractivity contribution is 0.102. The molecule has 140 valence electrons. The summed E-state index contributed by atoms with van der Waals surface area (Å²) >= 11 is 0. The van der Waals surface area contributed by atoms with E-state index >= 15 is 0 Å². The predicted molar refractivity (Wildman–Crippen MR) is 105 cm³/mol. The lowest BCUT2D eigenvalue weighted by Gasteiger charge is -2.11. The van der Waals surface area contributed by atoms with Crippen LogP contribution in [0.15, 0.2) is 63.8 Å². The van der Waals surface area contributed by atoms with E-state index in [1.807, 2.05) is 0 Å². The SMILES string of the molecule is CC(C)S(=O)(=O)Nc1ccc(C(=O)Nc2ccc3oc(=O)ccc3c2)cc1. The number of hydrogen-bond acceptors (Lipinski definition) is 5. The Kier molecular flexibility index (Phi) is 5.00. The summed E-state index contributed by atoms with van der Waals surface area (Å²) < 4.78 is 31.3. The van der Waals surface area contributed by atoms with Crippen LogP contribution in [0.2, 0.25) is 0 Å². The van der Waals surface area contributed by atoms with Gasteiger partial charge >= 0.3 is 5.63 Å². The number of anilines is 2. The molecule has 2 aromatic carbocycles. The summed E-state index contributed by atoms with van der Waals surface area (Å²) in [6, 6.07) is 14.0. The first-order valence-electron chi connectivity index (χ1n) is 8.21. The second-order valence-corrected chi connectivity index (χ2v) is 8.47. The van der Waals surface area contributed by atoms with Crippen LogP contribution in [-0.4, -0.2) is 19.6 Å². The third kappa shape index (κ3) is 4.35. The first-order valence-corrected chi connectivity index (χ1v) is 9.76. The van der Waals surface area contributed by atoms with Crippen molar-refractivity contribution in [3.8, 4) is 0 Å². The Bertz CT molecular complexity index is 1150. The van der Waals surface area contributed by atoms with Crippen molar-refractivity contribution < 1.29 is 17.6 Å². The zero-order valence-electron chi connectivity index (χ0n) is 14.7. The van der Waals surface area contributed by atoms with Crippen molar-refractivity contribution in [3.05, 3.63) is 70.6 Å². The number of rotatable bonds is 5. The molecule has 1 aromatic heterocycles. The van der Waals surface area contributed by atoms with Gasteiger partial charge in [0.25, 0.3) is 5.91 Å². The summed E-state index contributed by atoms with van der Waals surface area (Å²) in [5.41, 5.74) is 1.31. The van der Waals surface area contributed by atoms with Crippen LogP contribution in [0.1, 0.15) is 24.2 Å². The van der Waals surface area contributed by atoms with Crippen LogP contribution in [0.4, 0.5) is 11.4 Å². The van der Waals surface area contributed by atoms with Gasteiger partial charge in [-0.05, 0) is 62.4 Å². The quantitative estimate of drug-likeness (QED) is 0.655. The summed E-state index contributed by atoms with van der Waals surface area (Å²) in [5.74, 6) is -0.343. The molecule has 2 N–H and O–H groups in total. The summed E-state index contributed by atoms with van der Waals surface area (Å²) in [6.45, 7) is 3.16. The van der Waals surface area contributed by atoms with Gasteiger partial charge < -0.3 is 9.73 Å². The molecule has 0 bridgehead atoms. The minimum Gasteiger partial charge on any atom is -0.423 e. The van der Waals surface area contributed by atoms with Crippen molar-refractivity contribution in [2.24, 2.45) is 0 Å². The number of benzene rings is 2. The molecule has 0 aliphatic heterocycles. The highest BCUT2D eigenvalue weighted by Gasteiger charge is 2.15. The van der Waals surface area contributed by atoms with E-state index in [2.05, 4.69) is 10.0 Å². The summed E-state index contributed by atoms with van der Waals surface area (Å²) in [5, 5.41) is 2.88. The van der Waals surface area contributed by atoms with Gasteiger partial charge in [0.05, 0.1) is 5.25 Å². The van der Waals surface area contributed by atoms with Crippen molar-refractivity contribution in [1.29, 1.82) is 0 Å². The van der Waals surface area contributed by atoms with E-state index in [0.29, 0.717) is 27.9 Å². The van der Waals surface area contributed by atoms with Crippen molar-refractivity contribution in [2.75, 3.05) is 10.0 Å². The van der Waals surface area contributed by atoms with E-state index in [-0.39, 0.29) is 5.91 Å². The lowest BCUT2D eigenvalue weighted by Crippen LogP contribution is -2.22. The maximum atomic E-state index is 12.4. The lowest BCUT2D eigenvalue weighted by atomic mass is 10.1. The molecule has 8 heteroatoms. The monoisotopic (exact) mass is 386 g/mol. The number of hydrogen-bond donors (Lipinski definition) is 2. The predicted octanol–water partition coefficient (Wildman–Crippen LogP) is 3.20. The third-order valence-electron chi connectivity index (χ3n) is 3.90. The third-order valence-corrected chi connectivity index (χ3v) is 5.67. The molecule has 0 radical (unpaired) electrons. The molecule has 7 nitrogen and oxygen atoms in total. The maximum absolute atomic E-state index is 12.4. The molecule has 0 saturated carbocycles. The van der Waals surface area contributed by atoms with Crippen LogP contribution in [0, 0.1) is 0 Å². The average Bonchev–Trinajstić information content (AvgIpc) is 2.62. The Morgan fingerprint density at radius 2 is 1.63 bits per heavy atom. The van der Waals surface area contributed by atoms with Crippen molar-refractivity contribution in [1.82, 2.24) is 0 Å².